The summed E-state index contributed by atoms with van der Waals surface area (Å²) in [5.74, 6) is 0.601. The first-order chi connectivity index (χ1) is 6.17. The van der Waals surface area contributed by atoms with Gasteiger partial charge in [-0.1, -0.05) is 31.3 Å². The number of hydrogen-bond donors (Lipinski definition) is 1. The standard InChI is InChI=1S/C9H17N3O/c1-3-4-5-6-9(2,10)8-11-7-13-12-8/h7H,3-6,10H2,1-2H3. The molecule has 0 aliphatic carbocycles. The fourth-order valence-corrected chi connectivity index (χ4v) is 1.28. The van der Waals surface area contributed by atoms with Gasteiger partial charge in [-0.15, -0.1) is 0 Å². The summed E-state index contributed by atoms with van der Waals surface area (Å²) in [6, 6.07) is 0. The number of hydrogen-bond acceptors (Lipinski definition) is 4. The summed E-state index contributed by atoms with van der Waals surface area (Å²) >= 11 is 0. The first kappa shape index (κ1) is 10.2. The highest BCUT2D eigenvalue weighted by atomic mass is 16.5. The van der Waals surface area contributed by atoms with Crippen molar-refractivity contribution in [3.8, 4) is 0 Å². The van der Waals surface area contributed by atoms with Crippen molar-refractivity contribution in [3.63, 3.8) is 0 Å². The van der Waals surface area contributed by atoms with Crippen molar-refractivity contribution in [2.75, 3.05) is 0 Å². The summed E-state index contributed by atoms with van der Waals surface area (Å²) < 4.78 is 4.67. The largest absolute Gasteiger partial charge is 0.343 e. The minimum atomic E-state index is -0.442. The molecule has 74 valence electrons. The molecule has 0 spiro atoms. The second-order valence-electron chi connectivity index (χ2n) is 3.63. The van der Waals surface area contributed by atoms with Gasteiger partial charge in [0, 0.05) is 0 Å². The average Bonchev–Trinajstić information content (AvgIpc) is 2.56. The molecular formula is C9H17N3O. The lowest BCUT2D eigenvalue weighted by Gasteiger charge is -2.19. The molecule has 0 radical (unpaired) electrons. The van der Waals surface area contributed by atoms with Crippen molar-refractivity contribution in [3.05, 3.63) is 12.2 Å². The monoisotopic (exact) mass is 183 g/mol. The molecule has 0 bridgehead atoms. The third kappa shape index (κ3) is 2.81. The number of unbranched alkanes of at least 4 members (excludes halogenated alkanes) is 2. The normalized spacial score (nSPS) is 15.6. The molecular weight excluding hydrogens is 166 g/mol. The number of aromatic nitrogens is 2. The summed E-state index contributed by atoms with van der Waals surface area (Å²) in [4.78, 5) is 3.96. The number of nitrogens with two attached hydrogens (primary N) is 1. The van der Waals surface area contributed by atoms with Crippen molar-refractivity contribution >= 4 is 0 Å². The van der Waals surface area contributed by atoms with Crippen LogP contribution in [0.3, 0.4) is 0 Å². The molecule has 0 fully saturated rings. The highest BCUT2D eigenvalue weighted by Gasteiger charge is 2.24. The van der Waals surface area contributed by atoms with Crippen molar-refractivity contribution in [2.45, 2.75) is 45.1 Å². The molecule has 4 heteroatoms. The third-order valence-electron chi connectivity index (χ3n) is 2.17. The van der Waals surface area contributed by atoms with Crippen molar-refractivity contribution in [2.24, 2.45) is 5.73 Å². The van der Waals surface area contributed by atoms with Gasteiger partial charge in [0.25, 0.3) is 0 Å². The smallest absolute Gasteiger partial charge is 0.213 e. The fourth-order valence-electron chi connectivity index (χ4n) is 1.28. The highest BCUT2D eigenvalue weighted by molar-refractivity contribution is 4.98. The van der Waals surface area contributed by atoms with E-state index in [9.17, 15) is 0 Å². The lowest BCUT2D eigenvalue weighted by molar-refractivity contribution is 0.358. The molecule has 1 atom stereocenters. The van der Waals surface area contributed by atoms with E-state index in [2.05, 4.69) is 21.6 Å². The Bertz CT molecular complexity index is 231. The molecule has 1 rings (SSSR count). The summed E-state index contributed by atoms with van der Waals surface area (Å²) in [5.41, 5.74) is 5.60. The predicted molar refractivity (Wildman–Crippen MR) is 50.0 cm³/mol. The first-order valence-corrected chi connectivity index (χ1v) is 4.72. The first-order valence-electron chi connectivity index (χ1n) is 4.72. The maximum atomic E-state index is 6.04. The van der Waals surface area contributed by atoms with Gasteiger partial charge in [-0.3, -0.25) is 0 Å². The van der Waals surface area contributed by atoms with Gasteiger partial charge >= 0.3 is 0 Å². The molecule has 13 heavy (non-hydrogen) atoms. The topological polar surface area (TPSA) is 64.9 Å². The van der Waals surface area contributed by atoms with E-state index >= 15 is 0 Å². The number of rotatable bonds is 5. The molecule has 0 aliphatic heterocycles. The van der Waals surface area contributed by atoms with Gasteiger partial charge in [0.1, 0.15) is 0 Å². The van der Waals surface area contributed by atoms with E-state index in [4.69, 9.17) is 5.73 Å². The van der Waals surface area contributed by atoms with Crippen molar-refractivity contribution in [1.29, 1.82) is 0 Å². The zero-order valence-corrected chi connectivity index (χ0v) is 8.29. The van der Waals surface area contributed by atoms with Crippen LogP contribution in [0.15, 0.2) is 10.9 Å². The molecule has 0 amide bonds. The van der Waals surface area contributed by atoms with Crippen LogP contribution in [-0.4, -0.2) is 10.1 Å². The van der Waals surface area contributed by atoms with Gasteiger partial charge in [0.15, 0.2) is 5.82 Å². The van der Waals surface area contributed by atoms with E-state index in [1.807, 2.05) is 6.92 Å². The summed E-state index contributed by atoms with van der Waals surface area (Å²) in [6.07, 6.45) is 5.73. The maximum Gasteiger partial charge on any atom is 0.213 e. The molecule has 0 aliphatic rings. The van der Waals surface area contributed by atoms with Gasteiger partial charge in [-0.2, -0.15) is 4.98 Å². The SMILES string of the molecule is CCCCCC(C)(N)c1ncon1. The van der Waals surface area contributed by atoms with E-state index in [-0.39, 0.29) is 0 Å². The van der Waals surface area contributed by atoms with E-state index < -0.39 is 5.54 Å². The zero-order valence-electron chi connectivity index (χ0n) is 8.29. The lowest BCUT2D eigenvalue weighted by atomic mass is 9.95. The van der Waals surface area contributed by atoms with Crippen molar-refractivity contribution in [1.82, 2.24) is 10.1 Å². The molecule has 2 N–H and O–H groups in total. The van der Waals surface area contributed by atoms with Crippen LogP contribution in [-0.2, 0) is 5.54 Å². The van der Waals surface area contributed by atoms with Gasteiger partial charge in [-0.25, -0.2) is 0 Å². The fraction of sp³-hybridized carbons (Fsp3) is 0.778. The van der Waals surface area contributed by atoms with Crippen LogP contribution in [0.1, 0.15) is 45.4 Å². The van der Waals surface area contributed by atoms with Gasteiger partial charge < -0.3 is 10.3 Å². The molecule has 1 aromatic rings. The minimum Gasteiger partial charge on any atom is -0.343 e. The van der Waals surface area contributed by atoms with Crippen LogP contribution >= 0.6 is 0 Å². The molecule has 1 unspecified atom stereocenters. The third-order valence-corrected chi connectivity index (χ3v) is 2.17. The Morgan fingerprint density at radius 3 is 2.85 bits per heavy atom. The minimum absolute atomic E-state index is 0.442. The average molecular weight is 183 g/mol. The maximum absolute atomic E-state index is 6.04. The van der Waals surface area contributed by atoms with Gasteiger partial charge in [0.05, 0.1) is 5.54 Å². The van der Waals surface area contributed by atoms with Crippen molar-refractivity contribution < 1.29 is 4.52 Å². The Kier molecular flexibility index (Phi) is 3.42. The zero-order chi connectivity index (χ0) is 9.73. The van der Waals surface area contributed by atoms with Crippen LogP contribution in [0.5, 0.6) is 0 Å². The van der Waals surface area contributed by atoms with Gasteiger partial charge in [-0.05, 0) is 13.3 Å². The Labute approximate surface area is 78.5 Å². The predicted octanol–water partition coefficient (Wildman–Crippen LogP) is 1.82. The van der Waals surface area contributed by atoms with E-state index in [1.165, 1.54) is 19.2 Å². The summed E-state index contributed by atoms with van der Waals surface area (Å²) in [5, 5.41) is 3.76. The van der Waals surface area contributed by atoms with E-state index in [1.54, 1.807) is 0 Å². The number of nitrogens with zero attached hydrogens (tertiary/aromatic N) is 2. The Morgan fingerprint density at radius 1 is 1.54 bits per heavy atom. The van der Waals surface area contributed by atoms with Crippen LogP contribution in [0, 0.1) is 0 Å². The molecule has 0 saturated heterocycles. The highest BCUT2D eigenvalue weighted by Crippen LogP contribution is 2.20. The molecule has 4 nitrogen and oxygen atoms in total. The lowest BCUT2D eigenvalue weighted by Crippen LogP contribution is -2.34. The summed E-state index contributed by atoms with van der Waals surface area (Å²) in [6.45, 7) is 4.11. The quantitative estimate of drug-likeness (QED) is 0.707. The summed E-state index contributed by atoms with van der Waals surface area (Å²) in [7, 11) is 0. The second-order valence-corrected chi connectivity index (χ2v) is 3.63. The van der Waals surface area contributed by atoms with E-state index in [0.29, 0.717) is 5.82 Å². The van der Waals surface area contributed by atoms with Gasteiger partial charge in [0.2, 0.25) is 6.39 Å². The van der Waals surface area contributed by atoms with Crippen LogP contribution in [0.4, 0.5) is 0 Å². The van der Waals surface area contributed by atoms with Crippen LogP contribution in [0.25, 0.3) is 0 Å². The Morgan fingerprint density at radius 2 is 2.31 bits per heavy atom. The second kappa shape index (κ2) is 4.37. The molecule has 1 aromatic heterocycles. The van der Waals surface area contributed by atoms with Crippen LogP contribution in [0.2, 0.25) is 0 Å². The Balaban J connectivity index is 2.46. The Hall–Kier alpha value is -0.900. The molecule has 1 heterocycles. The van der Waals surface area contributed by atoms with Crippen LogP contribution < -0.4 is 5.73 Å². The molecule has 0 saturated carbocycles. The molecule has 0 aromatic carbocycles. The van der Waals surface area contributed by atoms with E-state index in [0.717, 1.165) is 12.8 Å².